The van der Waals surface area contributed by atoms with Crippen LogP contribution in [0.4, 0.5) is 0 Å². The molecule has 0 bridgehead atoms. The molecular weight excluding hydrogens is 180 g/mol. The Bertz CT molecular complexity index is 259. The molecule has 0 aromatic carbocycles. The molecule has 0 aliphatic heterocycles. The quantitative estimate of drug-likeness (QED) is 0.505. The van der Waals surface area contributed by atoms with E-state index in [2.05, 4.69) is 0 Å². The maximum Gasteiger partial charge on any atom is 0.309 e. The molecule has 1 saturated carbocycles. The fraction of sp³-hybridized carbons (Fsp3) is 0.727. The zero-order chi connectivity index (χ0) is 10.1. The van der Waals surface area contributed by atoms with Gasteiger partial charge in [0.05, 0.1) is 19.1 Å². The SMILES string of the molecule is COC(=O)[C@@H]1[C@H]2CCC/C=C\[C@@H](O)[C@H]21. The fourth-order valence-corrected chi connectivity index (χ4v) is 2.54. The van der Waals surface area contributed by atoms with Gasteiger partial charge in [-0.2, -0.15) is 0 Å². The molecule has 0 amide bonds. The second-order valence-corrected chi connectivity index (χ2v) is 4.14. The maximum absolute atomic E-state index is 11.4. The minimum atomic E-state index is -0.454. The third kappa shape index (κ3) is 1.57. The lowest BCUT2D eigenvalue weighted by molar-refractivity contribution is -0.143. The number of rotatable bonds is 1. The van der Waals surface area contributed by atoms with E-state index < -0.39 is 6.10 Å². The molecule has 14 heavy (non-hydrogen) atoms. The van der Waals surface area contributed by atoms with Crippen LogP contribution >= 0.6 is 0 Å². The van der Waals surface area contributed by atoms with Gasteiger partial charge >= 0.3 is 5.97 Å². The average molecular weight is 196 g/mol. The summed E-state index contributed by atoms with van der Waals surface area (Å²) in [5.74, 6) is 0.244. The topological polar surface area (TPSA) is 46.5 Å². The molecule has 2 rings (SSSR count). The first-order valence-electron chi connectivity index (χ1n) is 5.18. The second kappa shape index (κ2) is 3.73. The van der Waals surface area contributed by atoms with E-state index in [1.54, 1.807) is 0 Å². The smallest absolute Gasteiger partial charge is 0.309 e. The Balaban J connectivity index is 2.06. The number of hydrogen-bond acceptors (Lipinski definition) is 3. The van der Waals surface area contributed by atoms with E-state index in [-0.39, 0.29) is 17.8 Å². The third-order valence-corrected chi connectivity index (χ3v) is 3.34. The van der Waals surface area contributed by atoms with Gasteiger partial charge in [0.1, 0.15) is 0 Å². The van der Waals surface area contributed by atoms with Crippen LogP contribution in [0.3, 0.4) is 0 Å². The van der Waals surface area contributed by atoms with E-state index in [0.29, 0.717) is 5.92 Å². The Kier molecular flexibility index (Phi) is 2.59. The van der Waals surface area contributed by atoms with Crippen molar-refractivity contribution in [3.8, 4) is 0 Å². The van der Waals surface area contributed by atoms with Gasteiger partial charge in [-0.3, -0.25) is 4.79 Å². The number of methoxy groups -OCH3 is 1. The predicted molar refractivity (Wildman–Crippen MR) is 51.5 cm³/mol. The van der Waals surface area contributed by atoms with Gasteiger partial charge in [0.25, 0.3) is 0 Å². The van der Waals surface area contributed by atoms with E-state index in [1.165, 1.54) is 7.11 Å². The molecule has 0 spiro atoms. The predicted octanol–water partition coefficient (Wildman–Crippen LogP) is 1.12. The van der Waals surface area contributed by atoms with Crippen molar-refractivity contribution in [1.82, 2.24) is 0 Å². The van der Waals surface area contributed by atoms with Gasteiger partial charge in [-0.15, -0.1) is 0 Å². The molecule has 1 N–H and O–H groups in total. The largest absolute Gasteiger partial charge is 0.469 e. The van der Waals surface area contributed by atoms with Crippen LogP contribution in [0.1, 0.15) is 19.3 Å². The van der Waals surface area contributed by atoms with Gasteiger partial charge in [-0.05, 0) is 25.2 Å². The van der Waals surface area contributed by atoms with E-state index in [0.717, 1.165) is 19.3 Å². The van der Waals surface area contributed by atoms with Crippen LogP contribution in [0, 0.1) is 17.8 Å². The van der Waals surface area contributed by atoms with Gasteiger partial charge in [-0.1, -0.05) is 12.2 Å². The van der Waals surface area contributed by atoms with Gasteiger partial charge < -0.3 is 9.84 Å². The molecular formula is C11H16O3. The number of hydrogen-bond donors (Lipinski definition) is 1. The number of carbonyl (C=O) groups is 1. The van der Waals surface area contributed by atoms with Crippen LogP contribution in [0.2, 0.25) is 0 Å². The summed E-state index contributed by atoms with van der Waals surface area (Å²) in [5, 5.41) is 9.74. The van der Waals surface area contributed by atoms with Crippen LogP contribution in [-0.4, -0.2) is 24.3 Å². The lowest BCUT2D eigenvalue weighted by Crippen LogP contribution is -2.12. The Hall–Kier alpha value is -0.830. The Labute approximate surface area is 83.8 Å². The summed E-state index contributed by atoms with van der Waals surface area (Å²) in [6.45, 7) is 0. The monoisotopic (exact) mass is 196 g/mol. The third-order valence-electron chi connectivity index (χ3n) is 3.34. The number of aliphatic hydroxyl groups excluding tert-OH is 1. The summed E-state index contributed by atoms with van der Waals surface area (Å²) < 4.78 is 4.72. The minimum absolute atomic E-state index is 0.0576. The van der Waals surface area contributed by atoms with E-state index in [1.807, 2.05) is 12.2 Å². The van der Waals surface area contributed by atoms with Crippen LogP contribution in [0.25, 0.3) is 0 Å². The first-order chi connectivity index (χ1) is 6.75. The van der Waals surface area contributed by atoms with Crippen molar-refractivity contribution in [2.75, 3.05) is 7.11 Å². The molecule has 0 aromatic rings. The highest BCUT2D eigenvalue weighted by molar-refractivity contribution is 5.76. The van der Waals surface area contributed by atoms with E-state index in [9.17, 15) is 9.90 Å². The molecule has 1 fully saturated rings. The highest BCUT2D eigenvalue weighted by Gasteiger charge is 2.57. The van der Waals surface area contributed by atoms with Crippen molar-refractivity contribution in [2.45, 2.75) is 25.4 Å². The molecule has 0 heterocycles. The summed E-state index contributed by atoms with van der Waals surface area (Å²) in [6.07, 6.45) is 6.52. The minimum Gasteiger partial charge on any atom is -0.469 e. The molecule has 3 heteroatoms. The molecule has 0 radical (unpaired) electrons. The van der Waals surface area contributed by atoms with Crippen molar-refractivity contribution < 1.29 is 14.6 Å². The summed E-state index contributed by atoms with van der Waals surface area (Å²) in [4.78, 5) is 11.4. The number of allylic oxidation sites excluding steroid dienone is 1. The Morgan fingerprint density at radius 2 is 2.36 bits per heavy atom. The van der Waals surface area contributed by atoms with Gasteiger partial charge in [0.15, 0.2) is 0 Å². The normalized spacial score (nSPS) is 43.0. The number of aliphatic hydroxyl groups is 1. The van der Waals surface area contributed by atoms with Crippen molar-refractivity contribution in [3.63, 3.8) is 0 Å². The molecule has 2 aliphatic rings. The molecule has 3 nitrogen and oxygen atoms in total. The van der Waals surface area contributed by atoms with Crippen molar-refractivity contribution >= 4 is 5.97 Å². The molecule has 0 saturated heterocycles. The molecule has 4 atom stereocenters. The number of carbonyl (C=O) groups excluding carboxylic acids is 1. The lowest BCUT2D eigenvalue weighted by atomic mass is 10.0. The average Bonchev–Trinajstić information content (AvgIpc) is 2.86. The summed E-state index contributed by atoms with van der Waals surface area (Å²) in [7, 11) is 1.41. The first-order valence-corrected chi connectivity index (χ1v) is 5.18. The molecule has 0 unspecified atom stereocenters. The highest BCUT2D eigenvalue weighted by atomic mass is 16.5. The number of fused-ring (bicyclic) bond motifs is 1. The van der Waals surface area contributed by atoms with Gasteiger partial charge in [-0.25, -0.2) is 0 Å². The van der Waals surface area contributed by atoms with Crippen molar-refractivity contribution in [1.29, 1.82) is 0 Å². The maximum atomic E-state index is 11.4. The molecule has 0 aromatic heterocycles. The van der Waals surface area contributed by atoms with E-state index in [4.69, 9.17) is 4.74 Å². The first kappa shape index (κ1) is 9.71. The summed E-state index contributed by atoms with van der Waals surface area (Å²) in [5.41, 5.74) is 0. The molecule has 2 aliphatic carbocycles. The Morgan fingerprint density at radius 3 is 3.07 bits per heavy atom. The van der Waals surface area contributed by atoms with Gasteiger partial charge in [0, 0.05) is 5.92 Å². The van der Waals surface area contributed by atoms with Crippen molar-refractivity contribution in [3.05, 3.63) is 12.2 Å². The Morgan fingerprint density at radius 1 is 1.57 bits per heavy atom. The van der Waals surface area contributed by atoms with Crippen LogP contribution in [0.5, 0.6) is 0 Å². The van der Waals surface area contributed by atoms with Crippen LogP contribution in [0.15, 0.2) is 12.2 Å². The van der Waals surface area contributed by atoms with E-state index >= 15 is 0 Å². The lowest BCUT2D eigenvalue weighted by Gasteiger charge is -2.06. The summed E-state index contributed by atoms with van der Waals surface area (Å²) in [6, 6.07) is 0. The highest BCUT2D eigenvalue weighted by Crippen LogP contribution is 2.53. The zero-order valence-electron chi connectivity index (χ0n) is 8.35. The molecule has 78 valence electrons. The van der Waals surface area contributed by atoms with Gasteiger partial charge in [0.2, 0.25) is 0 Å². The van der Waals surface area contributed by atoms with Crippen molar-refractivity contribution in [2.24, 2.45) is 17.8 Å². The van der Waals surface area contributed by atoms with Crippen LogP contribution < -0.4 is 0 Å². The number of ether oxygens (including phenoxy) is 1. The standard InChI is InChI=1S/C11H16O3/c1-14-11(13)10-7-5-3-2-4-6-8(12)9(7)10/h4,6-10,12H,2-3,5H2,1H3/b6-4-/t7-,8+,9-,10+/m0/s1. The second-order valence-electron chi connectivity index (χ2n) is 4.14. The number of esters is 1. The zero-order valence-corrected chi connectivity index (χ0v) is 8.35. The summed E-state index contributed by atoms with van der Waals surface area (Å²) >= 11 is 0. The fourth-order valence-electron chi connectivity index (χ4n) is 2.54. The van der Waals surface area contributed by atoms with Crippen LogP contribution in [-0.2, 0) is 9.53 Å².